The summed E-state index contributed by atoms with van der Waals surface area (Å²) in [7, 11) is 5.16. The zero-order chi connectivity index (χ0) is 25.2. The number of aromatic nitrogens is 3. The topological polar surface area (TPSA) is 66.4 Å². The van der Waals surface area contributed by atoms with E-state index in [2.05, 4.69) is 15.0 Å². The van der Waals surface area contributed by atoms with Crippen molar-refractivity contribution in [3.63, 3.8) is 0 Å². The number of hydrogen-bond acceptors (Lipinski definition) is 6. The summed E-state index contributed by atoms with van der Waals surface area (Å²) < 4.78 is 18.1. The van der Waals surface area contributed by atoms with Crippen LogP contribution in [0.15, 0.2) is 73.2 Å². The summed E-state index contributed by atoms with van der Waals surface area (Å²) in [4.78, 5) is 13.5. The molecular weight excluding hydrogens is 450 g/mol. The van der Waals surface area contributed by atoms with Gasteiger partial charge in [0.15, 0.2) is 0 Å². The molecule has 4 aromatic rings. The van der Waals surface area contributed by atoms with Crippen molar-refractivity contribution >= 4 is 0 Å². The van der Waals surface area contributed by atoms with E-state index in [9.17, 15) is 0 Å². The van der Waals surface area contributed by atoms with Gasteiger partial charge in [0.1, 0.15) is 17.2 Å². The molecule has 4 rings (SSSR count). The van der Waals surface area contributed by atoms with Crippen LogP contribution in [0.4, 0.5) is 0 Å². The molecule has 36 heavy (non-hydrogen) atoms. The summed E-state index contributed by atoms with van der Waals surface area (Å²) in [6.45, 7) is 0. The third-order valence-electron chi connectivity index (χ3n) is 6.33. The van der Waals surface area contributed by atoms with Crippen molar-refractivity contribution in [3.8, 4) is 17.2 Å². The molecule has 3 aromatic heterocycles. The predicted octanol–water partition coefficient (Wildman–Crippen LogP) is 5.25. The molecule has 0 aliphatic heterocycles. The van der Waals surface area contributed by atoms with Gasteiger partial charge >= 0.3 is 0 Å². The Bertz CT molecular complexity index is 1060. The molecule has 0 bridgehead atoms. The lowest BCUT2D eigenvalue weighted by atomic mass is 9.91. The first-order chi connectivity index (χ1) is 17.7. The molecule has 0 saturated heterocycles. The lowest BCUT2D eigenvalue weighted by Crippen LogP contribution is -2.11. The maximum absolute atomic E-state index is 6.04. The number of pyridine rings is 3. The fourth-order valence-electron chi connectivity index (χ4n) is 4.67. The average Bonchev–Trinajstić information content (AvgIpc) is 2.94. The number of ether oxygens (including phenoxy) is 3. The summed E-state index contributed by atoms with van der Waals surface area (Å²) in [5, 5.41) is 0. The fraction of sp³-hybridized carbons (Fsp3) is 0.300. The highest BCUT2D eigenvalue weighted by Gasteiger charge is 2.26. The molecule has 3 heterocycles. The lowest BCUT2D eigenvalue weighted by Gasteiger charge is -2.24. The van der Waals surface area contributed by atoms with Gasteiger partial charge in [-0.1, -0.05) is 18.2 Å². The van der Waals surface area contributed by atoms with Gasteiger partial charge < -0.3 is 14.2 Å². The number of rotatable bonds is 12. The maximum atomic E-state index is 6.04. The molecule has 0 aliphatic carbocycles. The van der Waals surface area contributed by atoms with E-state index in [0.29, 0.717) is 0 Å². The summed E-state index contributed by atoms with van der Waals surface area (Å²) in [6.07, 6.45) is 10.0. The normalized spacial score (nSPS) is 10.8. The highest BCUT2D eigenvalue weighted by molar-refractivity contribution is 5.63. The van der Waals surface area contributed by atoms with E-state index in [-0.39, 0.29) is 0 Å². The molecule has 6 heteroatoms. The molecule has 0 spiro atoms. The number of benzene rings is 1. The molecule has 0 N–H and O–H groups in total. The maximum Gasteiger partial charge on any atom is 0.132 e. The Morgan fingerprint density at radius 1 is 0.444 bits per heavy atom. The van der Waals surface area contributed by atoms with Gasteiger partial charge in [0.25, 0.3) is 0 Å². The molecule has 186 valence electrons. The summed E-state index contributed by atoms with van der Waals surface area (Å²) in [6, 6.07) is 18.0. The van der Waals surface area contributed by atoms with Gasteiger partial charge in [-0.05, 0) is 74.9 Å². The van der Waals surface area contributed by atoms with Crippen LogP contribution < -0.4 is 14.2 Å². The van der Waals surface area contributed by atoms with Crippen LogP contribution in [-0.2, 0) is 38.5 Å². The van der Waals surface area contributed by atoms with Crippen molar-refractivity contribution in [1.82, 2.24) is 15.0 Å². The van der Waals surface area contributed by atoms with E-state index < -0.39 is 0 Å². The number of nitrogens with zero attached hydrogens (tertiary/aromatic N) is 3. The van der Waals surface area contributed by atoms with Gasteiger partial charge in [-0.25, -0.2) is 0 Å². The Kier molecular flexibility index (Phi) is 8.87. The largest absolute Gasteiger partial charge is 0.496 e. The van der Waals surface area contributed by atoms with Gasteiger partial charge in [0.05, 0.1) is 21.3 Å². The highest BCUT2D eigenvalue weighted by atomic mass is 16.5. The van der Waals surface area contributed by atoms with Crippen LogP contribution in [-0.4, -0.2) is 36.3 Å². The quantitative estimate of drug-likeness (QED) is 0.274. The highest BCUT2D eigenvalue weighted by Crippen LogP contribution is 2.45. The lowest BCUT2D eigenvalue weighted by molar-refractivity contribution is 0.355. The van der Waals surface area contributed by atoms with Crippen LogP contribution in [0.25, 0.3) is 0 Å². The second-order valence-corrected chi connectivity index (χ2v) is 8.50. The Morgan fingerprint density at radius 2 is 0.750 bits per heavy atom. The second-order valence-electron chi connectivity index (χ2n) is 8.50. The zero-order valence-corrected chi connectivity index (χ0v) is 21.2. The first-order valence-electron chi connectivity index (χ1n) is 12.3. The molecule has 0 saturated carbocycles. The molecule has 0 radical (unpaired) electrons. The van der Waals surface area contributed by atoms with Crippen LogP contribution in [0.1, 0.15) is 33.8 Å². The predicted molar refractivity (Wildman–Crippen MR) is 141 cm³/mol. The molecular formula is C30H33N3O3. The molecule has 1 aromatic carbocycles. The van der Waals surface area contributed by atoms with Gasteiger partial charge in [-0.3, -0.25) is 15.0 Å². The third-order valence-corrected chi connectivity index (χ3v) is 6.33. The van der Waals surface area contributed by atoms with Crippen molar-refractivity contribution < 1.29 is 14.2 Å². The smallest absolute Gasteiger partial charge is 0.132 e. The average molecular weight is 484 g/mol. The van der Waals surface area contributed by atoms with Gasteiger partial charge in [0.2, 0.25) is 0 Å². The zero-order valence-electron chi connectivity index (χ0n) is 21.2. The van der Waals surface area contributed by atoms with Crippen LogP contribution in [0.3, 0.4) is 0 Å². The second kappa shape index (κ2) is 12.7. The van der Waals surface area contributed by atoms with Crippen molar-refractivity contribution in [3.05, 3.63) is 107 Å². The molecule has 0 fully saturated rings. The number of aryl methyl sites for hydroxylation is 3. The first-order valence-corrected chi connectivity index (χ1v) is 12.3. The standard InChI is InChI=1S/C30H33N3O3/c1-34-28-25(16-13-22-10-4-7-19-31-22)29(35-2)27(18-15-24-12-6-9-21-33-24)30(36-3)26(28)17-14-23-11-5-8-20-32-23/h4-12,19-21H,13-18H2,1-3H3. The van der Waals surface area contributed by atoms with E-state index in [1.807, 2.05) is 73.2 Å². The van der Waals surface area contributed by atoms with Gasteiger partial charge in [-0.2, -0.15) is 0 Å². The van der Waals surface area contributed by atoms with Crippen LogP contribution in [0.5, 0.6) is 17.2 Å². The van der Waals surface area contributed by atoms with Crippen molar-refractivity contribution in [2.75, 3.05) is 21.3 Å². The SMILES string of the molecule is COc1c(CCc2ccccn2)c(OC)c(CCc2ccccn2)c(OC)c1CCc1ccccn1. The van der Waals surface area contributed by atoms with Crippen molar-refractivity contribution in [1.29, 1.82) is 0 Å². The minimum atomic E-state index is 0.737. The van der Waals surface area contributed by atoms with Gasteiger partial charge in [0, 0.05) is 52.4 Å². The van der Waals surface area contributed by atoms with Gasteiger partial charge in [-0.15, -0.1) is 0 Å². The van der Waals surface area contributed by atoms with E-state index >= 15 is 0 Å². The molecule has 6 nitrogen and oxygen atoms in total. The fourth-order valence-corrected chi connectivity index (χ4v) is 4.67. The van der Waals surface area contributed by atoms with Crippen molar-refractivity contribution in [2.45, 2.75) is 38.5 Å². The summed E-state index contributed by atoms with van der Waals surface area (Å²) in [5.74, 6) is 2.45. The third kappa shape index (κ3) is 6.00. The minimum Gasteiger partial charge on any atom is -0.496 e. The summed E-state index contributed by atoms with van der Waals surface area (Å²) >= 11 is 0. The molecule has 0 aliphatic rings. The van der Waals surface area contributed by atoms with E-state index in [1.165, 1.54) is 0 Å². The minimum absolute atomic E-state index is 0.737. The molecule has 0 atom stereocenters. The van der Waals surface area contributed by atoms with E-state index in [4.69, 9.17) is 14.2 Å². The molecule has 0 unspecified atom stereocenters. The van der Waals surface area contributed by atoms with E-state index in [1.54, 1.807) is 21.3 Å². The number of hydrogen-bond donors (Lipinski definition) is 0. The van der Waals surface area contributed by atoms with E-state index in [0.717, 1.165) is 89.5 Å². The Balaban J connectivity index is 1.77. The monoisotopic (exact) mass is 483 g/mol. The Morgan fingerprint density at radius 3 is 0.972 bits per heavy atom. The first kappa shape index (κ1) is 25.2. The summed E-state index contributed by atoms with van der Waals surface area (Å²) in [5.41, 5.74) is 6.21. The van der Waals surface area contributed by atoms with Crippen molar-refractivity contribution in [2.24, 2.45) is 0 Å². The van der Waals surface area contributed by atoms with Crippen LogP contribution in [0.2, 0.25) is 0 Å². The van der Waals surface area contributed by atoms with Crippen LogP contribution >= 0.6 is 0 Å². The Hall–Kier alpha value is -3.93. The molecule has 0 amide bonds. The van der Waals surface area contributed by atoms with Crippen LogP contribution in [0, 0.1) is 0 Å². The number of methoxy groups -OCH3 is 3. The Labute approximate surface area is 213 Å².